The summed E-state index contributed by atoms with van der Waals surface area (Å²) in [5.74, 6) is 0.518. The van der Waals surface area contributed by atoms with Crippen LogP contribution in [-0.4, -0.2) is 24.5 Å². The van der Waals surface area contributed by atoms with E-state index in [9.17, 15) is 9.59 Å². The molecule has 5 nitrogen and oxygen atoms in total. The molecule has 0 radical (unpaired) electrons. The van der Waals surface area contributed by atoms with Crippen LogP contribution in [0.15, 0.2) is 66.7 Å². The van der Waals surface area contributed by atoms with Gasteiger partial charge in [-0.3, -0.25) is 9.59 Å². The number of carbonyl (C=O) groups excluding carboxylic acids is 2. The molecular weight excluding hydrogens is 376 g/mol. The molecule has 0 bridgehead atoms. The number of ether oxygens (including phenoxy) is 1. The molecule has 0 saturated carbocycles. The van der Waals surface area contributed by atoms with Gasteiger partial charge in [0.2, 0.25) is 0 Å². The Bertz CT molecular complexity index is 1020. The predicted molar refractivity (Wildman–Crippen MR) is 121 cm³/mol. The highest BCUT2D eigenvalue weighted by molar-refractivity contribution is 6.04. The van der Waals surface area contributed by atoms with E-state index >= 15 is 0 Å². The largest absolute Gasteiger partial charge is 0.480 e. The molecule has 3 rings (SSSR count). The molecule has 0 fully saturated rings. The second-order valence-electron chi connectivity index (χ2n) is 7.63. The molecule has 0 aromatic heterocycles. The quantitative estimate of drug-likeness (QED) is 0.554. The minimum Gasteiger partial charge on any atom is -0.480 e. The molecule has 5 heteroatoms. The van der Waals surface area contributed by atoms with Crippen molar-refractivity contribution in [2.24, 2.45) is 5.92 Å². The maximum absolute atomic E-state index is 13.0. The summed E-state index contributed by atoms with van der Waals surface area (Å²) in [6.45, 7) is 6.54. The molecule has 3 aromatic carbocycles. The van der Waals surface area contributed by atoms with Crippen molar-refractivity contribution in [3.8, 4) is 5.75 Å². The van der Waals surface area contributed by atoms with Crippen molar-refractivity contribution in [1.29, 1.82) is 0 Å². The highest BCUT2D eigenvalue weighted by Crippen LogP contribution is 2.27. The average molecular weight is 405 g/mol. The van der Waals surface area contributed by atoms with E-state index in [2.05, 4.69) is 10.6 Å². The van der Waals surface area contributed by atoms with Crippen molar-refractivity contribution < 1.29 is 14.3 Å². The molecule has 0 spiro atoms. The Balaban J connectivity index is 1.77. The minimum atomic E-state index is -0.678. The number of para-hydroxylation sites is 1. The van der Waals surface area contributed by atoms with E-state index in [1.807, 2.05) is 63.2 Å². The second kappa shape index (κ2) is 9.92. The van der Waals surface area contributed by atoms with E-state index in [0.717, 1.165) is 10.8 Å². The fourth-order valence-electron chi connectivity index (χ4n) is 3.17. The number of hydrogen-bond donors (Lipinski definition) is 2. The van der Waals surface area contributed by atoms with Crippen LogP contribution in [0.25, 0.3) is 10.8 Å². The van der Waals surface area contributed by atoms with Gasteiger partial charge >= 0.3 is 0 Å². The van der Waals surface area contributed by atoms with Crippen LogP contribution in [0.2, 0.25) is 0 Å². The highest BCUT2D eigenvalue weighted by Gasteiger charge is 2.21. The molecule has 0 aliphatic carbocycles. The topological polar surface area (TPSA) is 67.4 Å². The summed E-state index contributed by atoms with van der Waals surface area (Å²) in [6, 6.07) is 20.7. The fourth-order valence-corrected chi connectivity index (χ4v) is 3.17. The lowest BCUT2D eigenvalue weighted by atomic mass is 10.1. The molecule has 2 amide bonds. The van der Waals surface area contributed by atoms with E-state index in [0.29, 0.717) is 35.9 Å². The first-order valence-electron chi connectivity index (χ1n) is 10.3. The van der Waals surface area contributed by atoms with E-state index in [1.165, 1.54) is 0 Å². The first kappa shape index (κ1) is 21.4. The summed E-state index contributed by atoms with van der Waals surface area (Å²) < 4.78 is 6.08. The highest BCUT2D eigenvalue weighted by atomic mass is 16.5. The van der Waals surface area contributed by atoms with Crippen molar-refractivity contribution in [2.75, 3.05) is 11.9 Å². The molecule has 0 unspecified atom stereocenters. The lowest BCUT2D eigenvalue weighted by Crippen LogP contribution is -2.34. The number of anilines is 1. The molecule has 0 heterocycles. The van der Waals surface area contributed by atoms with E-state index in [1.54, 1.807) is 24.3 Å². The van der Waals surface area contributed by atoms with Crippen molar-refractivity contribution >= 4 is 28.3 Å². The number of hydrogen-bond acceptors (Lipinski definition) is 3. The van der Waals surface area contributed by atoms with Crippen molar-refractivity contribution in [3.63, 3.8) is 0 Å². The van der Waals surface area contributed by atoms with Gasteiger partial charge in [0.1, 0.15) is 5.75 Å². The molecule has 2 N–H and O–H groups in total. The standard InChI is InChI=1S/C25H28N2O3/c1-4-22(30-23-15-9-11-18-10-5-6-12-19(18)23)25(29)27-21-14-8-7-13-20(21)24(28)26-16-17(2)3/h5-15,17,22H,4,16H2,1-3H3,(H,26,28)(H,27,29)/t22-/m0/s1. The maximum atomic E-state index is 13.0. The van der Waals surface area contributed by atoms with Crippen molar-refractivity contribution in [2.45, 2.75) is 33.3 Å². The van der Waals surface area contributed by atoms with Crippen LogP contribution in [-0.2, 0) is 4.79 Å². The number of amides is 2. The SMILES string of the molecule is CC[C@H](Oc1cccc2ccccc12)C(=O)Nc1ccccc1C(=O)NCC(C)C. The Kier molecular flexibility index (Phi) is 7.07. The Labute approximate surface area is 177 Å². The number of carbonyl (C=O) groups is 2. The van der Waals surface area contributed by atoms with Gasteiger partial charge in [0.25, 0.3) is 11.8 Å². The van der Waals surface area contributed by atoms with Gasteiger partial charge in [-0.1, -0.05) is 69.3 Å². The van der Waals surface area contributed by atoms with Gasteiger partial charge < -0.3 is 15.4 Å². The lowest BCUT2D eigenvalue weighted by Gasteiger charge is -2.19. The van der Waals surface area contributed by atoms with Crippen LogP contribution in [0.5, 0.6) is 5.75 Å². The Morgan fingerprint density at radius 2 is 1.63 bits per heavy atom. The molecule has 3 aromatic rings. The minimum absolute atomic E-state index is 0.206. The van der Waals surface area contributed by atoms with E-state index in [4.69, 9.17) is 4.74 Å². The van der Waals surface area contributed by atoms with Crippen LogP contribution in [0, 0.1) is 5.92 Å². The molecule has 0 saturated heterocycles. The zero-order valence-electron chi connectivity index (χ0n) is 17.6. The molecular formula is C25H28N2O3. The first-order chi connectivity index (χ1) is 14.5. The molecule has 156 valence electrons. The fraction of sp³-hybridized carbons (Fsp3) is 0.280. The van der Waals surface area contributed by atoms with Gasteiger partial charge in [-0.2, -0.15) is 0 Å². The summed E-state index contributed by atoms with van der Waals surface area (Å²) in [5, 5.41) is 7.78. The van der Waals surface area contributed by atoms with Gasteiger partial charge in [0.15, 0.2) is 6.10 Å². The second-order valence-corrected chi connectivity index (χ2v) is 7.63. The van der Waals surface area contributed by atoms with Gasteiger partial charge in [-0.15, -0.1) is 0 Å². The summed E-state index contributed by atoms with van der Waals surface area (Å²) in [6.07, 6.45) is -0.181. The number of benzene rings is 3. The first-order valence-corrected chi connectivity index (χ1v) is 10.3. The zero-order valence-corrected chi connectivity index (χ0v) is 17.6. The van der Waals surface area contributed by atoms with Crippen LogP contribution in [0.4, 0.5) is 5.69 Å². The number of rotatable bonds is 8. The smallest absolute Gasteiger partial charge is 0.265 e. The van der Waals surface area contributed by atoms with E-state index in [-0.39, 0.29) is 11.8 Å². The summed E-state index contributed by atoms with van der Waals surface area (Å²) in [7, 11) is 0. The monoisotopic (exact) mass is 404 g/mol. The maximum Gasteiger partial charge on any atom is 0.265 e. The third-order valence-electron chi connectivity index (χ3n) is 4.78. The normalized spacial score (nSPS) is 11.9. The van der Waals surface area contributed by atoms with Crippen molar-refractivity contribution in [3.05, 3.63) is 72.3 Å². The zero-order chi connectivity index (χ0) is 21.5. The van der Waals surface area contributed by atoms with Crippen molar-refractivity contribution in [1.82, 2.24) is 5.32 Å². The Morgan fingerprint density at radius 3 is 2.40 bits per heavy atom. The Hall–Kier alpha value is -3.34. The van der Waals surface area contributed by atoms with Crippen LogP contribution in [0.1, 0.15) is 37.6 Å². The lowest BCUT2D eigenvalue weighted by molar-refractivity contribution is -0.122. The number of nitrogens with one attached hydrogen (secondary N) is 2. The van der Waals surface area contributed by atoms with Crippen LogP contribution in [0.3, 0.4) is 0 Å². The molecule has 0 aliphatic heterocycles. The predicted octanol–water partition coefficient (Wildman–Crippen LogP) is 5.02. The molecule has 30 heavy (non-hydrogen) atoms. The third kappa shape index (κ3) is 5.17. The molecule has 1 atom stereocenters. The van der Waals surface area contributed by atoms with Gasteiger partial charge in [-0.05, 0) is 35.9 Å². The van der Waals surface area contributed by atoms with Gasteiger partial charge in [0, 0.05) is 11.9 Å². The summed E-state index contributed by atoms with van der Waals surface area (Å²) >= 11 is 0. The number of fused-ring (bicyclic) bond motifs is 1. The van der Waals surface area contributed by atoms with Crippen LogP contribution < -0.4 is 15.4 Å². The Morgan fingerprint density at radius 1 is 0.933 bits per heavy atom. The molecule has 0 aliphatic rings. The van der Waals surface area contributed by atoms with Gasteiger partial charge in [-0.25, -0.2) is 0 Å². The van der Waals surface area contributed by atoms with Gasteiger partial charge in [0.05, 0.1) is 11.3 Å². The van der Waals surface area contributed by atoms with E-state index < -0.39 is 6.10 Å². The van der Waals surface area contributed by atoms with Crippen LogP contribution >= 0.6 is 0 Å². The summed E-state index contributed by atoms with van der Waals surface area (Å²) in [5.41, 5.74) is 0.912. The average Bonchev–Trinajstić information content (AvgIpc) is 2.76. The summed E-state index contributed by atoms with van der Waals surface area (Å²) in [4.78, 5) is 25.5. The third-order valence-corrected chi connectivity index (χ3v) is 4.78.